The van der Waals surface area contributed by atoms with Crippen LogP contribution in [-0.4, -0.2) is 11.6 Å². The Morgan fingerprint density at radius 2 is 1.67 bits per heavy atom. The van der Waals surface area contributed by atoms with Crippen LogP contribution in [0.25, 0.3) is 0 Å². The smallest absolute Gasteiger partial charge is 0.141 e. The van der Waals surface area contributed by atoms with E-state index in [9.17, 15) is 0 Å². The van der Waals surface area contributed by atoms with Gasteiger partial charge in [0, 0.05) is 34.4 Å². The minimum atomic E-state index is -0.338. The molecule has 4 atom stereocenters. The highest BCUT2D eigenvalue weighted by Gasteiger charge is 2.55. The van der Waals surface area contributed by atoms with Crippen molar-refractivity contribution in [2.24, 2.45) is 5.92 Å². The number of rotatable bonds is 1. The molecule has 0 amide bonds. The molecular formula is C25H21NO. The molecule has 0 N–H and O–H groups in total. The summed E-state index contributed by atoms with van der Waals surface area (Å²) in [6.45, 7) is 2.27. The van der Waals surface area contributed by atoms with Gasteiger partial charge in [-0.3, -0.25) is 0 Å². The SMILES string of the molecule is CC12Oc3ccccc3C1C=CC1=C2C2C=CC=CC2N1c1ccccc1. The van der Waals surface area contributed by atoms with Gasteiger partial charge in [-0.2, -0.15) is 0 Å². The fraction of sp³-hybridized carbons (Fsp3) is 0.200. The van der Waals surface area contributed by atoms with Crippen LogP contribution < -0.4 is 9.64 Å². The Balaban J connectivity index is 1.55. The molecule has 2 heterocycles. The van der Waals surface area contributed by atoms with E-state index in [1.807, 2.05) is 0 Å². The van der Waals surface area contributed by atoms with Crippen LogP contribution in [0.1, 0.15) is 18.4 Å². The van der Waals surface area contributed by atoms with Crippen molar-refractivity contribution in [1.82, 2.24) is 0 Å². The molecule has 0 spiro atoms. The highest BCUT2D eigenvalue weighted by Crippen LogP contribution is 2.57. The number of para-hydroxylation sites is 2. The lowest BCUT2D eigenvalue weighted by atomic mass is 9.71. The third-order valence-corrected chi connectivity index (χ3v) is 6.46. The van der Waals surface area contributed by atoms with Crippen LogP contribution in [0.15, 0.2) is 102 Å². The van der Waals surface area contributed by atoms with Crippen LogP contribution in [0.3, 0.4) is 0 Å². The zero-order valence-corrected chi connectivity index (χ0v) is 15.2. The average molecular weight is 351 g/mol. The van der Waals surface area contributed by atoms with E-state index in [4.69, 9.17) is 4.74 Å². The highest BCUT2D eigenvalue weighted by atomic mass is 16.5. The molecule has 4 unspecified atom stereocenters. The molecule has 0 radical (unpaired) electrons. The van der Waals surface area contributed by atoms with Crippen LogP contribution in [0.4, 0.5) is 5.69 Å². The van der Waals surface area contributed by atoms with Gasteiger partial charge in [0.1, 0.15) is 11.4 Å². The molecule has 2 aliphatic carbocycles. The van der Waals surface area contributed by atoms with E-state index in [1.165, 1.54) is 22.5 Å². The van der Waals surface area contributed by atoms with Crippen LogP contribution in [0.2, 0.25) is 0 Å². The standard InChI is InChI=1S/C25H21NO/c1-25-20(18-11-6-8-14-23(18)27-25)15-16-22-24(25)19-12-5-7-13-21(19)26(22)17-9-3-2-4-10-17/h2-16,19-21H,1H3. The Morgan fingerprint density at radius 3 is 2.56 bits per heavy atom. The topological polar surface area (TPSA) is 12.5 Å². The Kier molecular flexibility index (Phi) is 2.94. The Bertz CT molecular complexity index is 1050. The number of allylic oxidation sites excluding steroid dienone is 3. The van der Waals surface area contributed by atoms with Crippen LogP contribution >= 0.6 is 0 Å². The first-order chi connectivity index (χ1) is 13.3. The minimum Gasteiger partial charge on any atom is -0.482 e. The summed E-state index contributed by atoms with van der Waals surface area (Å²) in [6, 6.07) is 19.5. The van der Waals surface area contributed by atoms with Gasteiger partial charge in [0.2, 0.25) is 0 Å². The van der Waals surface area contributed by atoms with Crippen molar-refractivity contribution in [2.75, 3.05) is 4.90 Å². The van der Waals surface area contributed by atoms with Crippen LogP contribution in [-0.2, 0) is 0 Å². The first-order valence-corrected chi connectivity index (χ1v) is 9.67. The highest BCUT2D eigenvalue weighted by molar-refractivity contribution is 5.68. The predicted molar refractivity (Wildman–Crippen MR) is 109 cm³/mol. The van der Waals surface area contributed by atoms with E-state index in [1.54, 1.807) is 0 Å². The van der Waals surface area contributed by atoms with Gasteiger partial charge in [-0.05, 0) is 31.2 Å². The Morgan fingerprint density at radius 1 is 0.889 bits per heavy atom. The van der Waals surface area contributed by atoms with Gasteiger partial charge >= 0.3 is 0 Å². The molecule has 0 fully saturated rings. The van der Waals surface area contributed by atoms with Crippen molar-refractivity contribution in [3.63, 3.8) is 0 Å². The third kappa shape index (κ3) is 1.90. The average Bonchev–Trinajstić information content (AvgIpc) is 3.20. The van der Waals surface area contributed by atoms with Gasteiger partial charge < -0.3 is 9.64 Å². The molecule has 2 aromatic rings. The second-order valence-corrected chi connectivity index (χ2v) is 7.87. The fourth-order valence-corrected chi connectivity index (χ4v) is 5.34. The number of fused-ring (bicyclic) bond motifs is 6. The number of ether oxygens (including phenoxy) is 1. The van der Waals surface area contributed by atoms with Crippen molar-refractivity contribution in [1.29, 1.82) is 0 Å². The number of anilines is 1. The normalized spacial score (nSPS) is 32.0. The first kappa shape index (κ1) is 15.1. The zero-order valence-electron chi connectivity index (χ0n) is 15.2. The molecule has 2 aliphatic heterocycles. The summed E-state index contributed by atoms with van der Waals surface area (Å²) in [5.74, 6) is 1.62. The van der Waals surface area contributed by atoms with Crippen molar-refractivity contribution >= 4 is 5.69 Å². The molecule has 2 aromatic carbocycles. The summed E-state index contributed by atoms with van der Waals surface area (Å²) >= 11 is 0. The second kappa shape index (κ2) is 5.26. The van der Waals surface area contributed by atoms with E-state index < -0.39 is 0 Å². The second-order valence-electron chi connectivity index (χ2n) is 7.87. The molecule has 0 saturated heterocycles. The van der Waals surface area contributed by atoms with Crippen molar-refractivity contribution in [3.05, 3.63) is 108 Å². The molecule has 0 aromatic heterocycles. The lowest BCUT2D eigenvalue weighted by Gasteiger charge is -2.36. The van der Waals surface area contributed by atoms with E-state index in [0.29, 0.717) is 12.0 Å². The van der Waals surface area contributed by atoms with Crippen LogP contribution in [0, 0.1) is 5.92 Å². The quantitative estimate of drug-likeness (QED) is 0.684. The predicted octanol–water partition coefficient (Wildman–Crippen LogP) is 5.38. The summed E-state index contributed by atoms with van der Waals surface area (Å²) < 4.78 is 6.65. The number of nitrogens with zero attached hydrogens (tertiary/aromatic N) is 1. The molecule has 27 heavy (non-hydrogen) atoms. The Hall–Kier alpha value is -3.00. The van der Waals surface area contributed by atoms with Gasteiger partial charge in [-0.1, -0.05) is 66.8 Å². The molecule has 132 valence electrons. The van der Waals surface area contributed by atoms with Gasteiger partial charge in [-0.15, -0.1) is 0 Å². The van der Waals surface area contributed by atoms with E-state index in [-0.39, 0.29) is 11.5 Å². The van der Waals surface area contributed by atoms with Crippen molar-refractivity contribution in [2.45, 2.75) is 24.5 Å². The number of hydrogen-bond donors (Lipinski definition) is 0. The minimum absolute atomic E-state index is 0.267. The largest absolute Gasteiger partial charge is 0.482 e. The summed E-state index contributed by atoms with van der Waals surface area (Å²) in [5, 5.41) is 0. The van der Waals surface area contributed by atoms with Crippen molar-refractivity contribution in [3.8, 4) is 5.75 Å². The number of benzene rings is 2. The van der Waals surface area contributed by atoms with Crippen LogP contribution in [0.5, 0.6) is 5.75 Å². The van der Waals surface area contributed by atoms with Crippen molar-refractivity contribution < 1.29 is 4.74 Å². The molecule has 6 rings (SSSR count). The molecular weight excluding hydrogens is 330 g/mol. The zero-order chi connectivity index (χ0) is 18.0. The molecule has 2 heteroatoms. The lowest BCUT2D eigenvalue weighted by molar-refractivity contribution is 0.132. The summed E-state index contributed by atoms with van der Waals surface area (Å²) in [4.78, 5) is 2.48. The van der Waals surface area contributed by atoms with E-state index in [2.05, 4.69) is 103 Å². The maximum Gasteiger partial charge on any atom is 0.141 e. The maximum atomic E-state index is 6.65. The van der Waals surface area contributed by atoms with E-state index in [0.717, 1.165) is 5.75 Å². The Labute approximate surface area is 159 Å². The summed E-state index contributed by atoms with van der Waals surface area (Å²) in [7, 11) is 0. The van der Waals surface area contributed by atoms with Gasteiger partial charge in [-0.25, -0.2) is 0 Å². The monoisotopic (exact) mass is 351 g/mol. The van der Waals surface area contributed by atoms with Gasteiger partial charge in [0.05, 0.1) is 6.04 Å². The molecule has 4 aliphatic rings. The first-order valence-electron chi connectivity index (χ1n) is 9.67. The molecule has 0 bridgehead atoms. The molecule has 2 nitrogen and oxygen atoms in total. The maximum absolute atomic E-state index is 6.65. The van der Waals surface area contributed by atoms with E-state index >= 15 is 0 Å². The van der Waals surface area contributed by atoms with Gasteiger partial charge in [0.25, 0.3) is 0 Å². The van der Waals surface area contributed by atoms with Gasteiger partial charge in [0.15, 0.2) is 0 Å². The lowest BCUT2D eigenvalue weighted by Crippen LogP contribution is -2.40. The molecule has 0 saturated carbocycles. The summed E-state index contributed by atoms with van der Waals surface area (Å²) in [5.41, 5.74) is 4.89. The number of hydrogen-bond acceptors (Lipinski definition) is 2. The summed E-state index contributed by atoms with van der Waals surface area (Å²) in [6.07, 6.45) is 13.7. The third-order valence-electron chi connectivity index (χ3n) is 6.46. The fourth-order valence-electron chi connectivity index (χ4n) is 5.34.